The predicted octanol–water partition coefficient (Wildman–Crippen LogP) is 8.15. The van der Waals surface area contributed by atoms with Gasteiger partial charge in [-0.25, -0.2) is 9.50 Å². The summed E-state index contributed by atoms with van der Waals surface area (Å²) in [5.41, 5.74) is 5.39. The van der Waals surface area contributed by atoms with Crippen molar-refractivity contribution in [3.05, 3.63) is 72.7 Å². The number of allylic oxidation sites excluding steroid dienone is 3. The highest BCUT2D eigenvalue weighted by molar-refractivity contribution is 5.69. The van der Waals surface area contributed by atoms with E-state index in [1.807, 2.05) is 56.5 Å². The Morgan fingerprint density at radius 2 is 1.55 bits per heavy atom. The lowest BCUT2D eigenvalue weighted by molar-refractivity contribution is 0.903. The number of benzene rings is 1. The summed E-state index contributed by atoms with van der Waals surface area (Å²) >= 11 is 0. The second-order valence-electron chi connectivity index (χ2n) is 5.95. The van der Waals surface area contributed by atoms with E-state index in [1.54, 1.807) is 6.08 Å². The summed E-state index contributed by atoms with van der Waals surface area (Å²) in [5.74, 6) is 0.774. The van der Waals surface area contributed by atoms with Crippen LogP contribution in [-0.2, 0) is 0 Å². The molecule has 0 fully saturated rings. The molecule has 158 valence electrons. The minimum atomic E-state index is 0.774. The van der Waals surface area contributed by atoms with Crippen molar-refractivity contribution >= 4 is 11.2 Å². The van der Waals surface area contributed by atoms with E-state index >= 15 is 0 Å². The summed E-state index contributed by atoms with van der Waals surface area (Å²) in [6, 6.07) is 14.6. The van der Waals surface area contributed by atoms with Crippen molar-refractivity contribution in [2.24, 2.45) is 0 Å². The molecule has 0 unspecified atom stereocenters. The molecule has 3 heteroatoms. The minimum Gasteiger partial charge on any atom is -0.218 e. The van der Waals surface area contributed by atoms with Crippen LogP contribution in [0.2, 0.25) is 0 Å². The first-order chi connectivity index (χ1) is 14.1. The van der Waals surface area contributed by atoms with Crippen molar-refractivity contribution in [3.63, 3.8) is 0 Å². The molecule has 0 amide bonds. The van der Waals surface area contributed by atoms with Crippen LogP contribution in [0.15, 0.2) is 61.2 Å². The number of fused-ring (bicyclic) bond motifs is 1. The van der Waals surface area contributed by atoms with Gasteiger partial charge in [-0.1, -0.05) is 104 Å². The molecule has 3 nitrogen and oxygen atoms in total. The van der Waals surface area contributed by atoms with E-state index in [-0.39, 0.29) is 0 Å². The lowest BCUT2D eigenvalue weighted by atomic mass is 10.1. The van der Waals surface area contributed by atoms with E-state index < -0.39 is 0 Å². The largest absolute Gasteiger partial charge is 0.218 e. The first kappa shape index (κ1) is 26.3. The number of aromatic nitrogens is 3. The van der Waals surface area contributed by atoms with Gasteiger partial charge in [-0.2, -0.15) is 0 Å². The molecule has 0 atom stereocenters. The SMILES string of the molecule is C=C/C=C(\CC)c1nc2cc(-c3ccccc3)cc(C)n2n1.CC.CC.CCC. The molecule has 29 heavy (non-hydrogen) atoms. The molecule has 0 N–H and O–H groups in total. The van der Waals surface area contributed by atoms with Crippen LogP contribution in [0.25, 0.3) is 22.3 Å². The lowest BCUT2D eigenvalue weighted by Crippen LogP contribution is -1.95. The van der Waals surface area contributed by atoms with Gasteiger partial charge in [0.25, 0.3) is 0 Å². The molecule has 2 aromatic heterocycles. The van der Waals surface area contributed by atoms with Crippen LogP contribution in [0.4, 0.5) is 0 Å². The summed E-state index contributed by atoms with van der Waals surface area (Å²) in [5, 5.41) is 4.63. The molecule has 3 rings (SSSR count). The topological polar surface area (TPSA) is 30.2 Å². The van der Waals surface area contributed by atoms with E-state index in [1.165, 1.54) is 12.0 Å². The average molecular weight is 394 g/mol. The molecule has 0 bridgehead atoms. The van der Waals surface area contributed by atoms with Crippen LogP contribution < -0.4 is 0 Å². The Kier molecular flexibility index (Phi) is 13.9. The van der Waals surface area contributed by atoms with E-state index in [9.17, 15) is 0 Å². The fourth-order valence-corrected chi connectivity index (χ4v) is 2.57. The summed E-state index contributed by atoms with van der Waals surface area (Å²) in [7, 11) is 0. The van der Waals surface area contributed by atoms with Crippen molar-refractivity contribution in [1.29, 1.82) is 0 Å². The van der Waals surface area contributed by atoms with E-state index in [2.05, 4.69) is 68.6 Å². The first-order valence-electron chi connectivity index (χ1n) is 10.9. The van der Waals surface area contributed by atoms with Crippen molar-refractivity contribution in [2.45, 2.75) is 68.2 Å². The summed E-state index contributed by atoms with van der Waals surface area (Å²) in [6.07, 6.45) is 5.89. The van der Waals surface area contributed by atoms with E-state index in [4.69, 9.17) is 0 Å². The Labute approximate surface area is 178 Å². The molecular weight excluding hydrogens is 354 g/mol. The number of pyridine rings is 1. The Balaban J connectivity index is 0.00000100. The molecule has 0 spiro atoms. The highest BCUT2D eigenvalue weighted by Gasteiger charge is 2.10. The third-order valence-corrected chi connectivity index (χ3v) is 3.71. The first-order valence-corrected chi connectivity index (χ1v) is 10.9. The van der Waals surface area contributed by atoms with Crippen molar-refractivity contribution < 1.29 is 0 Å². The van der Waals surface area contributed by atoms with Gasteiger partial charge in [0.15, 0.2) is 11.5 Å². The zero-order valence-electron chi connectivity index (χ0n) is 19.7. The van der Waals surface area contributed by atoms with Crippen LogP contribution in [0.3, 0.4) is 0 Å². The normalized spacial score (nSPS) is 10.0. The molecule has 0 aliphatic carbocycles. The van der Waals surface area contributed by atoms with Gasteiger partial charge >= 0.3 is 0 Å². The fourth-order valence-electron chi connectivity index (χ4n) is 2.57. The Morgan fingerprint density at radius 1 is 0.966 bits per heavy atom. The van der Waals surface area contributed by atoms with Crippen molar-refractivity contribution in [2.75, 3.05) is 0 Å². The number of nitrogens with zero attached hydrogens (tertiary/aromatic N) is 3. The monoisotopic (exact) mass is 393 g/mol. The second-order valence-corrected chi connectivity index (χ2v) is 5.95. The quantitative estimate of drug-likeness (QED) is 0.418. The molecule has 0 aliphatic rings. The highest BCUT2D eigenvalue weighted by atomic mass is 15.3. The minimum absolute atomic E-state index is 0.774. The molecule has 2 heterocycles. The smallest absolute Gasteiger partial charge is 0.178 e. The Morgan fingerprint density at radius 3 is 2.07 bits per heavy atom. The van der Waals surface area contributed by atoms with Crippen LogP contribution in [0, 0.1) is 6.92 Å². The van der Waals surface area contributed by atoms with Gasteiger partial charge in [-0.3, -0.25) is 0 Å². The van der Waals surface area contributed by atoms with E-state index in [0.717, 1.165) is 34.7 Å². The van der Waals surface area contributed by atoms with Crippen molar-refractivity contribution in [3.8, 4) is 11.1 Å². The Hall–Kier alpha value is -2.68. The number of aryl methyl sites for hydroxylation is 1. The third-order valence-electron chi connectivity index (χ3n) is 3.71. The molecule has 0 radical (unpaired) electrons. The van der Waals surface area contributed by atoms with Gasteiger partial charge in [-0.15, -0.1) is 5.10 Å². The van der Waals surface area contributed by atoms with Crippen LogP contribution >= 0.6 is 0 Å². The van der Waals surface area contributed by atoms with Gasteiger partial charge < -0.3 is 0 Å². The zero-order chi connectivity index (χ0) is 22.2. The molecule has 0 aliphatic heterocycles. The molecular formula is C26H39N3. The molecule has 3 aromatic rings. The average Bonchev–Trinajstić information content (AvgIpc) is 3.21. The van der Waals surface area contributed by atoms with Gasteiger partial charge in [0.2, 0.25) is 0 Å². The van der Waals surface area contributed by atoms with Crippen molar-refractivity contribution in [1.82, 2.24) is 14.6 Å². The van der Waals surface area contributed by atoms with Crippen LogP contribution in [0.5, 0.6) is 0 Å². The summed E-state index contributed by atoms with van der Waals surface area (Å²) < 4.78 is 1.90. The standard InChI is InChI=1S/C19H19N3.C3H8.2C2H6/c1-4-9-15(5-2)19-20-18-13-17(12-14(3)22(18)21-19)16-10-7-6-8-11-16;1-3-2;2*1-2/h4,6-13H,1,5H2,2-3H3;3H2,1-2H3;2*1-2H3/b15-9+;;;. The lowest BCUT2D eigenvalue weighted by Gasteiger charge is -2.04. The number of hydrogen-bond donors (Lipinski definition) is 0. The highest BCUT2D eigenvalue weighted by Crippen LogP contribution is 2.23. The Bertz CT molecular complexity index is 858. The molecule has 0 saturated carbocycles. The predicted molar refractivity (Wildman–Crippen MR) is 130 cm³/mol. The van der Waals surface area contributed by atoms with Gasteiger partial charge in [0.05, 0.1) is 0 Å². The van der Waals surface area contributed by atoms with Crippen LogP contribution in [-0.4, -0.2) is 14.6 Å². The zero-order valence-corrected chi connectivity index (χ0v) is 19.7. The van der Waals surface area contributed by atoms with Gasteiger partial charge in [0.1, 0.15) is 0 Å². The second kappa shape index (κ2) is 15.3. The fraction of sp³-hybridized carbons (Fsp3) is 0.385. The van der Waals surface area contributed by atoms with Crippen LogP contribution in [0.1, 0.15) is 72.8 Å². The van der Waals surface area contributed by atoms with Gasteiger partial charge in [-0.05, 0) is 42.2 Å². The number of rotatable bonds is 4. The maximum Gasteiger partial charge on any atom is 0.178 e. The number of hydrogen-bond acceptors (Lipinski definition) is 2. The van der Waals surface area contributed by atoms with Gasteiger partial charge in [0, 0.05) is 5.69 Å². The molecule has 0 saturated heterocycles. The maximum absolute atomic E-state index is 4.69. The van der Waals surface area contributed by atoms with E-state index in [0.29, 0.717) is 0 Å². The maximum atomic E-state index is 4.69. The molecule has 1 aromatic carbocycles. The summed E-state index contributed by atoms with van der Waals surface area (Å²) in [6.45, 7) is 20.2. The third kappa shape index (κ3) is 7.69. The summed E-state index contributed by atoms with van der Waals surface area (Å²) in [4.78, 5) is 4.69.